The van der Waals surface area contributed by atoms with Gasteiger partial charge in [-0.3, -0.25) is 4.79 Å². The van der Waals surface area contributed by atoms with Crippen molar-refractivity contribution in [2.45, 2.75) is 12.6 Å². The van der Waals surface area contributed by atoms with Gasteiger partial charge in [-0.25, -0.2) is 0 Å². The summed E-state index contributed by atoms with van der Waals surface area (Å²) in [6.07, 6.45) is -0.483. The molecule has 5 nitrogen and oxygen atoms in total. The molecule has 20 heavy (non-hydrogen) atoms. The van der Waals surface area contributed by atoms with Crippen molar-refractivity contribution in [3.63, 3.8) is 0 Å². The molecule has 6 heteroatoms. The van der Waals surface area contributed by atoms with Crippen molar-refractivity contribution in [2.75, 3.05) is 33.4 Å². The number of nitrogens with zero attached hydrogens (tertiary/aromatic N) is 1. The van der Waals surface area contributed by atoms with Gasteiger partial charge in [-0.2, -0.15) is 0 Å². The number of likely N-dealkylation sites (N-methyl/N-ethyl adjacent to an activating group) is 1. The van der Waals surface area contributed by atoms with Crippen LogP contribution in [-0.4, -0.2) is 50.3 Å². The number of rotatable bonds is 3. The zero-order chi connectivity index (χ0) is 14.4. The van der Waals surface area contributed by atoms with Gasteiger partial charge in [0.2, 0.25) is 0 Å². The van der Waals surface area contributed by atoms with Gasteiger partial charge >= 0.3 is 0 Å². The van der Waals surface area contributed by atoms with Crippen molar-refractivity contribution in [2.24, 2.45) is 5.73 Å². The summed E-state index contributed by atoms with van der Waals surface area (Å²) in [5.74, 6) is 5.75. The van der Waals surface area contributed by atoms with Crippen LogP contribution in [0.2, 0.25) is 0 Å². The Bertz CT molecular complexity index is 512. The van der Waals surface area contributed by atoms with Crippen LogP contribution in [0.25, 0.3) is 0 Å². The molecule has 2 heterocycles. The minimum Gasteiger partial charge on any atom is -0.376 e. The number of thiophene rings is 1. The summed E-state index contributed by atoms with van der Waals surface area (Å²) >= 11 is 1.56. The zero-order valence-electron chi connectivity index (χ0n) is 11.4. The number of nitrogens with two attached hydrogens (primary N) is 1. The van der Waals surface area contributed by atoms with E-state index in [0.29, 0.717) is 32.9 Å². The summed E-state index contributed by atoms with van der Waals surface area (Å²) in [5.41, 5.74) is 6.40. The first-order valence-electron chi connectivity index (χ1n) is 6.41. The molecule has 2 rings (SSSR count). The summed E-state index contributed by atoms with van der Waals surface area (Å²) in [6.45, 7) is 2.26. The molecular formula is C14H18N2O3S. The van der Waals surface area contributed by atoms with Crippen molar-refractivity contribution in [1.29, 1.82) is 0 Å². The Morgan fingerprint density at radius 3 is 3.15 bits per heavy atom. The molecule has 1 aliphatic heterocycles. The lowest BCUT2D eigenvalue weighted by molar-refractivity contribution is -0.157. The van der Waals surface area contributed by atoms with Gasteiger partial charge in [-0.05, 0) is 17.0 Å². The minimum atomic E-state index is -0.483. The van der Waals surface area contributed by atoms with Crippen molar-refractivity contribution in [3.05, 3.63) is 21.9 Å². The van der Waals surface area contributed by atoms with Crippen LogP contribution in [0.4, 0.5) is 0 Å². The molecular weight excluding hydrogens is 276 g/mol. The first-order valence-corrected chi connectivity index (χ1v) is 7.29. The summed E-state index contributed by atoms with van der Waals surface area (Å²) < 4.78 is 10.7. The van der Waals surface area contributed by atoms with Crippen LogP contribution in [0, 0.1) is 11.8 Å². The van der Waals surface area contributed by atoms with Gasteiger partial charge in [0.1, 0.15) is 0 Å². The molecule has 0 radical (unpaired) electrons. The van der Waals surface area contributed by atoms with Gasteiger partial charge in [-0.15, -0.1) is 11.3 Å². The predicted octanol–water partition coefficient (Wildman–Crippen LogP) is 0.432. The van der Waals surface area contributed by atoms with E-state index >= 15 is 0 Å². The van der Waals surface area contributed by atoms with E-state index < -0.39 is 6.10 Å². The highest BCUT2D eigenvalue weighted by Gasteiger charge is 2.25. The lowest BCUT2D eigenvalue weighted by atomic mass is 10.2. The van der Waals surface area contributed by atoms with Gasteiger partial charge in [0, 0.05) is 13.6 Å². The van der Waals surface area contributed by atoms with E-state index in [1.807, 2.05) is 11.4 Å². The van der Waals surface area contributed by atoms with Crippen LogP contribution in [0.5, 0.6) is 0 Å². The standard InChI is InChI=1S/C14H18N2O3S/c1-16(14(17)13-9-18-5-6-19-13)8-11-7-12(20-10-11)3-2-4-15/h7,10,13H,4-6,8-9,15H2,1H3. The Morgan fingerprint density at radius 1 is 1.60 bits per heavy atom. The summed E-state index contributed by atoms with van der Waals surface area (Å²) in [7, 11) is 1.77. The van der Waals surface area contributed by atoms with E-state index in [0.717, 1.165) is 10.4 Å². The largest absolute Gasteiger partial charge is 0.376 e. The highest BCUT2D eigenvalue weighted by Crippen LogP contribution is 2.16. The van der Waals surface area contributed by atoms with E-state index in [1.54, 1.807) is 23.3 Å². The molecule has 1 aromatic rings. The lowest BCUT2D eigenvalue weighted by Gasteiger charge is -2.26. The number of hydrogen-bond donors (Lipinski definition) is 1. The number of carbonyl (C=O) groups excluding carboxylic acids is 1. The fraction of sp³-hybridized carbons (Fsp3) is 0.500. The predicted molar refractivity (Wildman–Crippen MR) is 77.3 cm³/mol. The second-order valence-electron chi connectivity index (χ2n) is 4.45. The second-order valence-corrected chi connectivity index (χ2v) is 5.36. The molecule has 1 fully saturated rings. The van der Waals surface area contributed by atoms with Gasteiger partial charge in [0.15, 0.2) is 6.10 Å². The van der Waals surface area contributed by atoms with Crippen LogP contribution in [0.15, 0.2) is 11.4 Å². The Morgan fingerprint density at radius 2 is 2.45 bits per heavy atom. The van der Waals surface area contributed by atoms with Crippen LogP contribution >= 0.6 is 11.3 Å². The van der Waals surface area contributed by atoms with E-state index in [-0.39, 0.29) is 5.91 Å². The molecule has 1 amide bonds. The van der Waals surface area contributed by atoms with Crippen molar-refractivity contribution in [3.8, 4) is 11.8 Å². The normalized spacial score (nSPS) is 18.2. The minimum absolute atomic E-state index is 0.0505. The average molecular weight is 294 g/mol. The van der Waals surface area contributed by atoms with Gasteiger partial charge in [0.25, 0.3) is 5.91 Å². The first-order chi connectivity index (χ1) is 9.70. The number of hydrogen-bond acceptors (Lipinski definition) is 5. The molecule has 1 atom stereocenters. The monoisotopic (exact) mass is 294 g/mol. The zero-order valence-corrected chi connectivity index (χ0v) is 12.2. The SMILES string of the molecule is CN(Cc1csc(C#CCN)c1)C(=O)C1COCCO1. The third kappa shape index (κ3) is 4.05. The third-order valence-electron chi connectivity index (χ3n) is 2.85. The molecule has 1 aliphatic rings. The van der Waals surface area contributed by atoms with Crippen molar-refractivity contribution >= 4 is 17.2 Å². The number of carbonyl (C=O) groups is 1. The molecule has 2 N–H and O–H groups in total. The van der Waals surface area contributed by atoms with Crippen LogP contribution in [-0.2, 0) is 20.8 Å². The Labute approximate surface area is 122 Å². The fourth-order valence-electron chi connectivity index (χ4n) is 1.89. The molecule has 0 aromatic carbocycles. The smallest absolute Gasteiger partial charge is 0.254 e. The molecule has 108 valence electrons. The quantitative estimate of drug-likeness (QED) is 0.821. The Hall–Kier alpha value is -1.39. The Kier molecular flexibility index (Phi) is 5.56. The van der Waals surface area contributed by atoms with Crippen LogP contribution in [0.3, 0.4) is 0 Å². The first kappa shape index (κ1) is 15.0. The van der Waals surface area contributed by atoms with Crippen molar-refractivity contribution < 1.29 is 14.3 Å². The topological polar surface area (TPSA) is 64.8 Å². The van der Waals surface area contributed by atoms with E-state index in [1.165, 1.54) is 0 Å². The maximum Gasteiger partial charge on any atom is 0.254 e. The number of amides is 1. The third-order valence-corrected chi connectivity index (χ3v) is 3.75. The summed E-state index contributed by atoms with van der Waals surface area (Å²) in [6, 6.07) is 1.98. The molecule has 0 aliphatic carbocycles. The van der Waals surface area contributed by atoms with Crippen molar-refractivity contribution in [1.82, 2.24) is 4.90 Å². The average Bonchev–Trinajstić information content (AvgIpc) is 2.92. The van der Waals surface area contributed by atoms with E-state index in [2.05, 4.69) is 11.8 Å². The molecule has 1 aromatic heterocycles. The highest BCUT2D eigenvalue weighted by molar-refractivity contribution is 7.10. The summed E-state index contributed by atoms with van der Waals surface area (Å²) in [4.78, 5) is 14.8. The van der Waals surface area contributed by atoms with Gasteiger partial charge in [-0.1, -0.05) is 11.8 Å². The maximum absolute atomic E-state index is 12.2. The molecule has 0 spiro atoms. The molecule has 0 bridgehead atoms. The highest BCUT2D eigenvalue weighted by atomic mass is 32.1. The van der Waals surface area contributed by atoms with E-state index in [4.69, 9.17) is 15.2 Å². The summed E-state index contributed by atoms with van der Waals surface area (Å²) in [5, 5.41) is 2.00. The molecule has 1 saturated heterocycles. The van der Waals surface area contributed by atoms with Crippen LogP contribution < -0.4 is 5.73 Å². The number of ether oxygens (including phenoxy) is 2. The fourth-order valence-corrected chi connectivity index (χ4v) is 2.66. The Balaban J connectivity index is 1.91. The molecule has 0 saturated carbocycles. The second kappa shape index (κ2) is 7.41. The van der Waals surface area contributed by atoms with Crippen LogP contribution in [0.1, 0.15) is 10.4 Å². The van der Waals surface area contributed by atoms with Gasteiger partial charge in [0.05, 0.1) is 31.2 Å². The maximum atomic E-state index is 12.2. The van der Waals surface area contributed by atoms with Gasteiger partial charge < -0.3 is 20.1 Å². The van der Waals surface area contributed by atoms with E-state index in [9.17, 15) is 4.79 Å². The lowest BCUT2D eigenvalue weighted by Crippen LogP contribution is -2.43. The molecule has 1 unspecified atom stereocenters.